The van der Waals surface area contributed by atoms with Gasteiger partial charge in [-0.15, -0.1) is 10.2 Å². The number of aromatic nitrogens is 4. The lowest BCUT2D eigenvalue weighted by Gasteiger charge is -2.08. The van der Waals surface area contributed by atoms with Gasteiger partial charge in [0.05, 0.1) is 9.92 Å². The molecule has 0 saturated carbocycles. The fourth-order valence-electron chi connectivity index (χ4n) is 2.74. The van der Waals surface area contributed by atoms with Gasteiger partial charge >= 0.3 is 0 Å². The number of amides is 1. The number of nitrogens with zero attached hydrogens (tertiary/aromatic N) is 4. The Hall–Kier alpha value is -3.74. The van der Waals surface area contributed by atoms with E-state index in [-0.39, 0.29) is 33.3 Å². The third-order valence-electron chi connectivity index (χ3n) is 4.42. The van der Waals surface area contributed by atoms with Gasteiger partial charge in [0.2, 0.25) is 0 Å². The van der Waals surface area contributed by atoms with Gasteiger partial charge in [0.25, 0.3) is 15.9 Å². The van der Waals surface area contributed by atoms with Gasteiger partial charge in [-0.3, -0.25) is 9.52 Å². The Bertz CT molecular complexity index is 1460. The predicted molar refractivity (Wildman–Crippen MR) is 127 cm³/mol. The van der Waals surface area contributed by atoms with Crippen LogP contribution in [-0.4, -0.2) is 34.3 Å². The zero-order chi connectivity index (χ0) is 25.0. The van der Waals surface area contributed by atoms with E-state index in [9.17, 15) is 17.6 Å². The van der Waals surface area contributed by atoms with E-state index in [4.69, 9.17) is 27.9 Å². The minimum absolute atomic E-state index is 0.00821. The summed E-state index contributed by atoms with van der Waals surface area (Å²) in [7, 11) is -3.92. The average Bonchev–Trinajstić information content (AvgIpc) is 3.31. The molecule has 2 aromatic heterocycles. The number of anilines is 2. The van der Waals surface area contributed by atoms with E-state index >= 15 is 0 Å². The van der Waals surface area contributed by atoms with Gasteiger partial charge in [-0.1, -0.05) is 23.2 Å². The minimum Gasteiger partial charge on any atom is -0.471 e. The molecular weight excluding hydrogens is 522 g/mol. The molecule has 14 heteroatoms. The van der Waals surface area contributed by atoms with Crippen LogP contribution in [0.3, 0.4) is 0 Å². The van der Waals surface area contributed by atoms with E-state index in [0.29, 0.717) is 11.4 Å². The number of carbonyl (C=O) groups excluding carboxylic acids is 1. The van der Waals surface area contributed by atoms with E-state index < -0.39 is 21.7 Å². The van der Waals surface area contributed by atoms with Crippen molar-refractivity contribution < 1.29 is 22.3 Å². The van der Waals surface area contributed by atoms with E-state index in [1.54, 1.807) is 0 Å². The standard InChI is InChI=1S/C21H15Cl2FN6O4S/c22-16-11-14(3-6-17(16)24)34-12-30-10-9-18(28-30)21(31)25-13-1-4-15(5-2-13)35(32,33)29-20-8-7-19(23)26-27-20/h1-11H,12H2,(H,25,31)(H,27,29). The van der Waals surface area contributed by atoms with Gasteiger partial charge in [-0.05, 0) is 54.6 Å². The summed E-state index contributed by atoms with van der Waals surface area (Å²) in [5.41, 5.74) is 0.456. The lowest BCUT2D eigenvalue weighted by atomic mass is 10.3. The van der Waals surface area contributed by atoms with E-state index in [1.165, 1.54) is 71.5 Å². The summed E-state index contributed by atoms with van der Waals surface area (Å²) in [6, 6.07) is 13.7. The summed E-state index contributed by atoms with van der Waals surface area (Å²) >= 11 is 11.4. The average molecular weight is 537 g/mol. The number of nitrogens with one attached hydrogen (secondary N) is 2. The molecule has 0 aliphatic heterocycles. The maximum atomic E-state index is 13.2. The molecule has 0 unspecified atom stereocenters. The molecule has 0 aliphatic carbocycles. The number of sulfonamides is 1. The monoisotopic (exact) mass is 536 g/mol. The lowest BCUT2D eigenvalue weighted by Crippen LogP contribution is -2.15. The van der Waals surface area contributed by atoms with Gasteiger partial charge in [0.15, 0.2) is 23.4 Å². The van der Waals surface area contributed by atoms with Gasteiger partial charge in [-0.25, -0.2) is 17.5 Å². The molecule has 1 amide bonds. The Morgan fingerprint density at radius 3 is 2.49 bits per heavy atom. The maximum absolute atomic E-state index is 13.2. The van der Waals surface area contributed by atoms with Crippen LogP contribution < -0.4 is 14.8 Å². The molecule has 0 bridgehead atoms. The fraction of sp³-hybridized carbons (Fsp3) is 0.0476. The van der Waals surface area contributed by atoms with E-state index in [2.05, 4.69) is 25.3 Å². The summed E-state index contributed by atoms with van der Waals surface area (Å²) in [5, 5.41) is 14.0. The summed E-state index contributed by atoms with van der Waals surface area (Å²) in [4.78, 5) is 12.4. The van der Waals surface area contributed by atoms with Crippen LogP contribution in [0.4, 0.5) is 15.9 Å². The molecule has 4 aromatic rings. The normalized spacial score (nSPS) is 11.2. The molecular formula is C21H15Cl2FN6O4S. The van der Waals surface area contributed by atoms with Crippen molar-refractivity contribution in [3.63, 3.8) is 0 Å². The lowest BCUT2D eigenvalue weighted by molar-refractivity contribution is 0.102. The van der Waals surface area contributed by atoms with Crippen LogP contribution in [0.15, 0.2) is 71.8 Å². The van der Waals surface area contributed by atoms with Gasteiger partial charge in [-0.2, -0.15) is 5.10 Å². The van der Waals surface area contributed by atoms with Gasteiger partial charge < -0.3 is 10.1 Å². The fourth-order valence-corrected chi connectivity index (χ4v) is 4.01. The molecule has 2 heterocycles. The van der Waals surface area contributed by atoms with Crippen molar-refractivity contribution in [3.8, 4) is 5.75 Å². The number of rotatable bonds is 8. The topological polar surface area (TPSA) is 128 Å². The zero-order valence-electron chi connectivity index (χ0n) is 17.5. The van der Waals surface area contributed by atoms with E-state index in [0.717, 1.165) is 0 Å². The highest BCUT2D eigenvalue weighted by molar-refractivity contribution is 7.92. The number of halogens is 3. The van der Waals surface area contributed by atoms with Crippen molar-refractivity contribution >= 4 is 50.6 Å². The van der Waals surface area contributed by atoms with Crippen LogP contribution in [0.1, 0.15) is 10.5 Å². The molecule has 0 saturated heterocycles. The number of carbonyl (C=O) groups is 1. The minimum atomic E-state index is -3.92. The summed E-state index contributed by atoms with van der Waals surface area (Å²) in [6.45, 7) is -0.0349. The number of hydrogen-bond donors (Lipinski definition) is 2. The Kier molecular flexibility index (Phi) is 7.15. The third kappa shape index (κ3) is 6.23. The van der Waals surface area contributed by atoms with Crippen LogP contribution in [0.25, 0.3) is 0 Å². The first kappa shape index (κ1) is 24.4. The van der Waals surface area contributed by atoms with Crippen LogP contribution in [0.5, 0.6) is 5.75 Å². The Morgan fingerprint density at radius 1 is 1.03 bits per heavy atom. The first-order valence-electron chi connectivity index (χ1n) is 9.74. The first-order valence-corrected chi connectivity index (χ1v) is 12.0. The molecule has 180 valence electrons. The summed E-state index contributed by atoms with van der Waals surface area (Å²) < 4.78 is 47.3. The molecule has 0 atom stereocenters. The highest BCUT2D eigenvalue weighted by atomic mass is 35.5. The molecule has 0 radical (unpaired) electrons. The Balaban J connectivity index is 1.35. The second-order valence-electron chi connectivity index (χ2n) is 6.92. The molecule has 0 fully saturated rings. The quantitative estimate of drug-likeness (QED) is 0.345. The second kappa shape index (κ2) is 10.3. The van der Waals surface area contributed by atoms with Crippen molar-refractivity contribution in [2.24, 2.45) is 0 Å². The second-order valence-corrected chi connectivity index (χ2v) is 9.39. The number of hydrogen-bond acceptors (Lipinski definition) is 7. The molecule has 2 N–H and O–H groups in total. The van der Waals surface area contributed by atoms with Crippen molar-refractivity contribution in [2.75, 3.05) is 10.0 Å². The molecule has 0 aliphatic rings. The zero-order valence-corrected chi connectivity index (χ0v) is 19.9. The first-order chi connectivity index (χ1) is 16.7. The third-order valence-corrected chi connectivity index (χ3v) is 6.28. The van der Waals surface area contributed by atoms with Crippen molar-refractivity contribution in [1.29, 1.82) is 0 Å². The largest absolute Gasteiger partial charge is 0.471 e. The highest BCUT2D eigenvalue weighted by Gasteiger charge is 2.16. The van der Waals surface area contributed by atoms with Crippen molar-refractivity contribution in [2.45, 2.75) is 11.6 Å². The van der Waals surface area contributed by atoms with Crippen LogP contribution in [0.2, 0.25) is 10.2 Å². The number of benzene rings is 2. The van der Waals surface area contributed by atoms with Crippen LogP contribution >= 0.6 is 23.2 Å². The van der Waals surface area contributed by atoms with Crippen LogP contribution in [0, 0.1) is 5.82 Å². The summed E-state index contributed by atoms with van der Waals surface area (Å²) in [5.74, 6) is -0.729. The molecule has 10 nitrogen and oxygen atoms in total. The Labute approximate surface area is 208 Å². The SMILES string of the molecule is O=C(Nc1ccc(S(=O)(=O)Nc2ccc(Cl)nn2)cc1)c1ccn(COc2ccc(F)c(Cl)c2)n1. The van der Waals surface area contributed by atoms with Crippen molar-refractivity contribution in [3.05, 3.63) is 88.5 Å². The molecule has 0 spiro atoms. The van der Waals surface area contributed by atoms with Crippen LogP contribution in [-0.2, 0) is 16.8 Å². The smallest absolute Gasteiger partial charge is 0.276 e. The molecule has 2 aromatic carbocycles. The molecule has 35 heavy (non-hydrogen) atoms. The van der Waals surface area contributed by atoms with Gasteiger partial charge in [0, 0.05) is 18.0 Å². The number of ether oxygens (including phenoxy) is 1. The van der Waals surface area contributed by atoms with E-state index in [1.807, 2.05) is 0 Å². The molecule has 4 rings (SSSR count). The predicted octanol–water partition coefficient (Wildman–Crippen LogP) is 4.21. The Morgan fingerprint density at radius 2 is 1.80 bits per heavy atom. The highest BCUT2D eigenvalue weighted by Crippen LogP contribution is 2.21. The van der Waals surface area contributed by atoms with Crippen molar-refractivity contribution in [1.82, 2.24) is 20.0 Å². The summed E-state index contributed by atoms with van der Waals surface area (Å²) in [6.07, 6.45) is 1.53. The maximum Gasteiger partial charge on any atom is 0.276 e. The van der Waals surface area contributed by atoms with Gasteiger partial charge in [0.1, 0.15) is 11.6 Å².